The lowest BCUT2D eigenvalue weighted by Crippen LogP contribution is -2.22. The SMILES string of the molecule is Cc1cc(CC(O)C(=O)O)n[nH]1. The average Bonchev–Trinajstić information content (AvgIpc) is 2.35. The number of aryl methyl sites for hydroxylation is 1. The highest BCUT2D eigenvalue weighted by molar-refractivity contribution is 5.72. The molecule has 1 atom stereocenters. The van der Waals surface area contributed by atoms with Crippen LogP contribution in [0.1, 0.15) is 11.4 Å². The molecule has 0 radical (unpaired) electrons. The fourth-order valence-electron chi connectivity index (χ4n) is 0.864. The molecule has 1 aromatic heterocycles. The lowest BCUT2D eigenvalue weighted by atomic mass is 10.2. The molecular formula is C7H10N2O3. The predicted molar refractivity (Wildman–Crippen MR) is 40.7 cm³/mol. The van der Waals surface area contributed by atoms with Gasteiger partial charge in [-0.3, -0.25) is 5.10 Å². The van der Waals surface area contributed by atoms with Crippen molar-refractivity contribution in [2.24, 2.45) is 0 Å². The van der Waals surface area contributed by atoms with E-state index in [0.29, 0.717) is 5.69 Å². The third kappa shape index (κ3) is 2.06. The second-order valence-corrected chi connectivity index (χ2v) is 2.60. The lowest BCUT2D eigenvalue weighted by molar-refractivity contribution is -0.146. The van der Waals surface area contributed by atoms with Crippen LogP contribution in [-0.2, 0) is 11.2 Å². The van der Waals surface area contributed by atoms with E-state index in [9.17, 15) is 4.79 Å². The molecule has 5 heteroatoms. The molecule has 1 aromatic rings. The smallest absolute Gasteiger partial charge is 0.332 e. The number of aliphatic hydroxyl groups is 1. The maximum atomic E-state index is 10.2. The van der Waals surface area contributed by atoms with Crippen LogP contribution >= 0.6 is 0 Å². The van der Waals surface area contributed by atoms with Crippen molar-refractivity contribution >= 4 is 5.97 Å². The van der Waals surface area contributed by atoms with E-state index >= 15 is 0 Å². The third-order valence-electron chi connectivity index (χ3n) is 1.45. The van der Waals surface area contributed by atoms with Crippen molar-refractivity contribution in [2.75, 3.05) is 0 Å². The average molecular weight is 170 g/mol. The molecule has 0 aliphatic heterocycles. The Balaban J connectivity index is 2.58. The Morgan fingerprint density at radius 2 is 2.50 bits per heavy atom. The molecule has 0 bridgehead atoms. The number of aromatic amines is 1. The van der Waals surface area contributed by atoms with Gasteiger partial charge in [-0.25, -0.2) is 4.79 Å². The van der Waals surface area contributed by atoms with Gasteiger partial charge in [-0.15, -0.1) is 0 Å². The minimum absolute atomic E-state index is 0.0413. The van der Waals surface area contributed by atoms with Gasteiger partial charge in [-0.2, -0.15) is 5.10 Å². The summed E-state index contributed by atoms with van der Waals surface area (Å²) in [4.78, 5) is 10.2. The Labute approximate surface area is 69.0 Å². The summed E-state index contributed by atoms with van der Waals surface area (Å²) >= 11 is 0. The van der Waals surface area contributed by atoms with Gasteiger partial charge in [0.2, 0.25) is 0 Å². The van der Waals surface area contributed by atoms with Crippen LogP contribution in [0.15, 0.2) is 6.07 Å². The highest BCUT2D eigenvalue weighted by atomic mass is 16.4. The quantitative estimate of drug-likeness (QED) is 0.581. The van der Waals surface area contributed by atoms with Gasteiger partial charge >= 0.3 is 5.97 Å². The fourth-order valence-corrected chi connectivity index (χ4v) is 0.864. The summed E-state index contributed by atoms with van der Waals surface area (Å²) in [6.07, 6.45) is -1.33. The number of carboxylic acid groups (broad SMARTS) is 1. The number of carbonyl (C=O) groups is 1. The van der Waals surface area contributed by atoms with Gasteiger partial charge in [-0.05, 0) is 13.0 Å². The molecule has 0 aromatic carbocycles. The zero-order chi connectivity index (χ0) is 9.14. The molecule has 0 fully saturated rings. The van der Waals surface area contributed by atoms with E-state index in [1.807, 2.05) is 6.92 Å². The molecule has 0 aliphatic carbocycles. The van der Waals surface area contributed by atoms with Gasteiger partial charge in [0, 0.05) is 12.1 Å². The molecule has 5 nitrogen and oxygen atoms in total. The summed E-state index contributed by atoms with van der Waals surface area (Å²) in [5.74, 6) is -1.23. The third-order valence-corrected chi connectivity index (χ3v) is 1.45. The van der Waals surface area contributed by atoms with E-state index in [1.165, 1.54) is 0 Å². The molecule has 0 saturated carbocycles. The summed E-state index contributed by atoms with van der Waals surface area (Å²) in [6.45, 7) is 1.81. The van der Waals surface area contributed by atoms with E-state index < -0.39 is 12.1 Å². The van der Waals surface area contributed by atoms with Crippen molar-refractivity contribution in [1.82, 2.24) is 10.2 Å². The Morgan fingerprint density at radius 1 is 1.83 bits per heavy atom. The first kappa shape index (κ1) is 8.73. The second kappa shape index (κ2) is 3.36. The molecular weight excluding hydrogens is 160 g/mol. The van der Waals surface area contributed by atoms with Crippen LogP contribution in [0.4, 0.5) is 0 Å². The molecule has 1 heterocycles. The normalized spacial score (nSPS) is 12.8. The molecule has 12 heavy (non-hydrogen) atoms. The number of hydrogen-bond donors (Lipinski definition) is 3. The first-order chi connectivity index (χ1) is 5.59. The Bertz CT molecular complexity index is 282. The molecule has 1 unspecified atom stereocenters. The molecule has 66 valence electrons. The van der Waals surface area contributed by atoms with Gasteiger partial charge in [-0.1, -0.05) is 0 Å². The lowest BCUT2D eigenvalue weighted by Gasteiger charge is -2.00. The van der Waals surface area contributed by atoms with Gasteiger partial charge in [0.15, 0.2) is 6.10 Å². The van der Waals surface area contributed by atoms with Gasteiger partial charge in [0.05, 0.1) is 5.69 Å². The summed E-state index contributed by atoms with van der Waals surface area (Å²) in [7, 11) is 0. The number of nitrogens with one attached hydrogen (secondary N) is 1. The Kier molecular flexibility index (Phi) is 2.44. The van der Waals surface area contributed by atoms with Crippen LogP contribution in [0.2, 0.25) is 0 Å². The van der Waals surface area contributed by atoms with Crippen molar-refractivity contribution in [2.45, 2.75) is 19.4 Å². The number of rotatable bonds is 3. The summed E-state index contributed by atoms with van der Waals surface area (Å²) in [5.41, 5.74) is 1.41. The van der Waals surface area contributed by atoms with Crippen molar-refractivity contribution in [3.8, 4) is 0 Å². The van der Waals surface area contributed by atoms with E-state index in [0.717, 1.165) is 5.69 Å². The predicted octanol–water partition coefficient (Wildman–Crippen LogP) is -0.294. The van der Waals surface area contributed by atoms with Crippen LogP contribution in [0, 0.1) is 6.92 Å². The van der Waals surface area contributed by atoms with Crippen molar-refractivity contribution in [3.05, 3.63) is 17.5 Å². The largest absolute Gasteiger partial charge is 0.479 e. The minimum atomic E-state index is -1.37. The van der Waals surface area contributed by atoms with E-state index in [2.05, 4.69) is 10.2 Å². The second-order valence-electron chi connectivity index (χ2n) is 2.60. The maximum Gasteiger partial charge on any atom is 0.332 e. The molecule has 3 N–H and O–H groups in total. The highest BCUT2D eigenvalue weighted by Gasteiger charge is 2.14. The number of aliphatic hydroxyl groups excluding tert-OH is 1. The number of aliphatic carboxylic acids is 1. The van der Waals surface area contributed by atoms with E-state index in [-0.39, 0.29) is 6.42 Å². The standard InChI is InChI=1S/C7H10N2O3/c1-4-2-5(9-8-4)3-6(10)7(11)12/h2,6,10H,3H2,1H3,(H,8,9)(H,11,12). The summed E-state index contributed by atoms with van der Waals surface area (Å²) in [5, 5.41) is 23.7. The van der Waals surface area contributed by atoms with Crippen molar-refractivity contribution in [3.63, 3.8) is 0 Å². The molecule has 0 amide bonds. The minimum Gasteiger partial charge on any atom is -0.479 e. The van der Waals surface area contributed by atoms with E-state index in [1.54, 1.807) is 6.07 Å². The Hall–Kier alpha value is -1.36. The number of hydrogen-bond acceptors (Lipinski definition) is 3. The number of nitrogens with zero attached hydrogens (tertiary/aromatic N) is 1. The number of aromatic nitrogens is 2. The highest BCUT2D eigenvalue weighted by Crippen LogP contribution is 2.01. The number of H-pyrrole nitrogens is 1. The molecule has 0 saturated heterocycles. The number of carboxylic acids is 1. The van der Waals surface area contributed by atoms with Crippen LogP contribution in [-0.4, -0.2) is 32.5 Å². The first-order valence-electron chi connectivity index (χ1n) is 3.51. The van der Waals surface area contributed by atoms with Gasteiger partial charge in [0.1, 0.15) is 0 Å². The van der Waals surface area contributed by atoms with E-state index in [4.69, 9.17) is 10.2 Å². The Morgan fingerprint density at radius 3 is 2.92 bits per heavy atom. The zero-order valence-corrected chi connectivity index (χ0v) is 6.61. The summed E-state index contributed by atoms with van der Waals surface area (Å²) < 4.78 is 0. The first-order valence-corrected chi connectivity index (χ1v) is 3.51. The van der Waals surface area contributed by atoms with Gasteiger partial charge in [0.25, 0.3) is 0 Å². The van der Waals surface area contributed by atoms with Gasteiger partial charge < -0.3 is 10.2 Å². The topological polar surface area (TPSA) is 86.2 Å². The van der Waals surface area contributed by atoms with Crippen LogP contribution in [0.25, 0.3) is 0 Å². The van der Waals surface area contributed by atoms with Crippen molar-refractivity contribution in [1.29, 1.82) is 0 Å². The summed E-state index contributed by atoms with van der Waals surface area (Å²) in [6, 6.07) is 1.70. The maximum absolute atomic E-state index is 10.2. The molecule has 0 spiro atoms. The van der Waals surface area contributed by atoms with Crippen LogP contribution in [0.3, 0.4) is 0 Å². The molecule has 0 aliphatic rings. The fraction of sp³-hybridized carbons (Fsp3) is 0.429. The van der Waals surface area contributed by atoms with Crippen molar-refractivity contribution < 1.29 is 15.0 Å². The molecule has 1 rings (SSSR count). The monoisotopic (exact) mass is 170 g/mol. The van der Waals surface area contributed by atoms with Crippen LogP contribution < -0.4 is 0 Å². The zero-order valence-electron chi connectivity index (χ0n) is 6.61. The van der Waals surface area contributed by atoms with Crippen LogP contribution in [0.5, 0.6) is 0 Å².